The van der Waals surface area contributed by atoms with Crippen molar-refractivity contribution < 1.29 is 5.11 Å². The lowest BCUT2D eigenvalue weighted by molar-refractivity contribution is -0.138. The van der Waals surface area contributed by atoms with Crippen LogP contribution in [0.5, 0.6) is 0 Å². The molecule has 0 aromatic heterocycles. The molecule has 0 saturated heterocycles. The van der Waals surface area contributed by atoms with Crippen molar-refractivity contribution in [2.45, 2.75) is 38.5 Å². The van der Waals surface area contributed by atoms with E-state index >= 15 is 0 Å². The number of nitrogens with zero attached hydrogens (tertiary/aromatic N) is 1. The Kier molecular flexibility index (Phi) is 1.57. The van der Waals surface area contributed by atoms with Crippen molar-refractivity contribution in [2.24, 2.45) is 22.7 Å². The zero-order valence-electron chi connectivity index (χ0n) is 8.50. The zero-order chi connectivity index (χ0) is 9.81. The molecule has 0 atom stereocenters. The molecule has 0 amide bonds. The molecule has 2 nitrogen and oxygen atoms in total. The molecule has 6 fully saturated rings. The van der Waals surface area contributed by atoms with Gasteiger partial charge in [-0.15, -0.1) is 0 Å². The summed E-state index contributed by atoms with van der Waals surface area (Å²) in [5.41, 5.74) is 0.676. The van der Waals surface area contributed by atoms with Crippen LogP contribution in [0.2, 0.25) is 0 Å². The number of aliphatic hydroxyl groups excluding tert-OH is 1. The Labute approximate surface area is 84.9 Å². The summed E-state index contributed by atoms with van der Waals surface area (Å²) in [5.74, 6) is 1.98. The van der Waals surface area contributed by atoms with Crippen LogP contribution in [-0.4, -0.2) is 11.7 Å². The van der Waals surface area contributed by atoms with Crippen molar-refractivity contribution in [1.29, 1.82) is 5.26 Å². The molecule has 6 aliphatic carbocycles. The van der Waals surface area contributed by atoms with Crippen LogP contribution in [0.25, 0.3) is 0 Å². The molecule has 4 bridgehead atoms. The van der Waals surface area contributed by atoms with Gasteiger partial charge in [0.25, 0.3) is 0 Å². The zero-order valence-corrected chi connectivity index (χ0v) is 8.50. The van der Waals surface area contributed by atoms with Gasteiger partial charge in [-0.25, -0.2) is 0 Å². The fraction of sp³-hybridized carbons (Fsp3) is 0.917. The van der Waals surface area contributed by atoms with Gasteiger partial charge in [-0.3, -0.25) is 0 Å². The average molecular weight is 191 g/mol. The van der Waals surface area contributed by atoms with Gasteiger partial charge in [-0.2, -0.15) is 5.26 Å². The third-order valence-corrected chi connectivity index (χ3v) is 4.78. The van der Waals surface area contributed by atoms with E-state index in [0.717, 1.165) is 11.8 Å². The van der Waals surface area contributed by atoms with Gasteiger partial charge >= 0.3 is 0 Å². The number of rotatable bonds is 1. The Morgan fingerprint density at radius 3 is 1.57 bits per heavy atom. The lowest BCUT2D eigenvalue weighted by Gasteiger charge is -2.61. The van der Waals surface area contributed by atoms with Crippen LogP contribution in [-0.2, 0) is 0 Å². The van der Waals surface area contributed by atoms with Crippen LogP contribution in [0, 0.1) is 34.0 Å². The molecular weight excluding hydrogens is 174 g/mol. The summed E-state index contributed by atoms with van der Waals surface area (Å²) in [4.78, 5) is 0. The summed E-state index contributed by atoms with van der Waals surface area (Å²) < 4.78 is 0. The lowest BCUT2D eigenvalue weighted by Crippen LogP contribution is -2.53. The maximum atomic E-state index is 8.68. The third-order valence-electron chi connectivity index (χ3n) is 4.78. The minimum atomic E-state index is 0.213. The van der Waals surface area contributed by atoms with Gasteiger partial charge in [0.05, 0.1) is 11.5 Å². The number of nitriles is 1. The molecule has 1 N–H and O–H groups in total. The summed E-state index contributed by atoms with van der Waals surface area (Å²) in [6, 6.07) is 2.34. The van der Waals surface area contributed by atoms with Crippen molar-refractivity contribution >= 4 is 0 Å². The Balaban J connectivity index is 0.0000000914. The summed E-state index contributed by atoms with van der Waals surface area (Å²) >= 11 is 0. The highest BCUT2D eigenvalue weighted by Gasteiger charge is 2.57. The molecular formula is C12H17NO. The SMILES string of the molecule is N#CC12CC(C1)C2.OCC12CC(C1)C2. The van der Waals surface area contributed by atoms with E-state index in [1.807, 2.05) is 0 Å². The maximum absolute atomic E-state index is 8.68. The largest absolute Gasteiger partial charge is 0.396 e. The van der Waals surface area contributed by atoms with Crippen LogP contribution >= 0.6 is 0 Å². The molecule has 0 radical (unpaired) electrons. The first kappa shape index (κ1) is 8.73. The normalized spacial score (nSPS) is 54.6. The number of hydrogen-bond acceptors (Lipinski definition) is 2. The summed E-state index contributed by atoms with van der Waals surface area (Å²) in [5, 5.41) is 17.1. The summed E-state index contributed by atoms with van der Waals surface area (Å²) in [6.07, 6.45) is 7.60. The predicted octanol–water partition coefficient (Wildman–Crippen LogP) is 2.09. The first-order valence-electron chi connectivity index (χ1n) is 5.71. The molecule has 6 saturated carbocycles. The average Bonchev–Trinajstić information content (AvgIpc) is 1.76. The molecule has 6 rings (SSSR count). The molecule has 2 heteroatoms. The van der Waals surface area contributed by atoms with Crippen molar-refractivity contribution in [3.63, 3.8) is 0 Å². The van der Waals surface area contributed by atoms with E-state index in [9.17, 15) is 0 Å². The summed E-state index contributed by atoms with van der Waals surface area (Å²) in [6.45, 7) is 0.448. The number of hydrogen-bond donors (Lipinski definition) is 1. The molecule has 0 unspecified atom stereocenters. The highest BCUT2D eigenvalue weighted by Crippen LogP contribution is 2.64. The van der Waals surface area contributed by atoms with Crippen LogP contribution in [0.1, 0.15) is 38.5 Å². The van der Waals surface area contributed by atoms with Gasteiger partial charge in [0.2, 0.25) is 0 Å². The van der Waals surface area contributed by atoms with Gasteiger partial charge < -0.3 is 5.11 Å². The van der Waals surface area contributed by atoms with Gasteiger partial charge in [0.15, 0.2) is 0 Å². The molecule has 0 aromatic rings. The van der Waals surface area contributed by atoms with Crippen molar-refractivity contribution in [2.75, 3.05) is 6.61 Å². The van der Waals surface area contributed by atoms with E-state index < -0.39 is 0 Å². The van der Waals surface area contributed by atoms with E-state index in [-0.39, 0.29) is 5.41 Å². The maximum Gasteiger partial charge on any atom is 0.0690 e. The van der Waals surface area contributed by atoms with E-state index in [0.29, 0.717) is 12.0 Å². The minimum absolute atomic E-state index is 0.213. The molecule has 0 aromatic carbocycles. The van der Waals surface area contributed by atoms with Gasteiger partial charge in [0.1, 0.15) is 0 Å². The Bertz CT molecular complexity index is 264. The molecule has 0 spiro atoms. The second-order valence-corrected chi connectivity index (χ2v) is 6.01. The van der Waals surface area contributed by atoms with Gasteiger partial charge in [-0.05, 0) is 55.8 Å². The highest BCUT2D eigenvalue weighted by atomic mass is 16.3. The van der Waals surface area contributed by atoms with Crippen molar-refractivity contribution in [1.82, 2.24) is 0 Å². The predicted molar refractivity (Wildman–Crippen MR) is 52.2 cm³/mol. The van der Waals surface area contributed by atoms with Crippen molar-refractivity contribution in [3.05, 3.63) is 0 Å². The fourth-order valence-electron chi connectivity index (χ4n) is 3.47. The fourth-order valence-corrected chi connectivity index (χ4v) is 3.47. The molecule has 0 heterocycles. The van der Waals surface area contributed by atoms with Crippen molar-refractivity contribution in [3.8, 4) is 6.07 Å². The van der Waals surface area contributed by atoms with E-state index in [1.54, 1.807) is 0 Å². The first-order valence-corrected chi connectivity index (χ1v) is 5.71. The number of aliphatic hydroxyl groups is 1. The molecule has 76 valence electrons. The summed E-state index contributed by atoms with van der Waals surface area (Å²) in [7, 11) is 0. The van der Waals surface area contributed by atoms with Gasteiger partial charge in [-0.1, -0.05) is 0 Å². The van der Waals surface area contributed by atoms with E-state index in [2.05, 4.69) is 6.07 Å². The highest BCUT2D eigenvalue weighted by molar-refractivity contribution is 5.18. The second-order valence-electron chi connectivity index (χ2n) is 6.01. The van der Waals surface area contributed by atoms with Crippen LogP contribution in [0.15, 0.2) is 0 Å². The van der Waals surface area contributed by atoms with Crippen LogP contribution < -0.4 is 0 Å². The standard InChI is InChI=1S/C6H7N.C6H10O/c2*7-4-6-1-5(2-6)3-6/h5H,1-3H2;5,7H,1-4H2. The molecule has 14 heavy (non-hydrogen) atoms. The first-order chi connectivity index (χ1) is 6.69. The molecule has 6 aliphatic rings. The minimum Gasteiger partial charge on any atom is -0.396 e. The smallest absolute Gasteiger partial charge is 0.0690 e. The van der Waals surface area contributed by atoms with Crippen LogP contribution in [0.3, 0.4) is 0 Å². The molecule has 0 aliphatic heterocycles. The van der Waals surface area contributed by atoms with Crippen LogP contribution in [0.4, 0.5) is 0 Å². The van der Waals surface area contributed by atoms with E-state index in [1.165, 1.54) is 38.5 Å². The van der Waals surface area contributed by atoms with E-state index in [4.69, 9.17) is 10.4 Å². The monoisotopic (exact) mass is 191 g/mol. The quantitative estimate of drug-likeness (QED) is 0.689. The Morgan fingerprint density at radius 2 is 1.57 bits per heavy atom. The second kappa shape index (κ2) is 2.52. The van der Waals surface area contributed by atoms with Gasteiger partial charge in [0, 0.05) is 6.61 Å². The third kappa shape index (κ3) is 0.995. The topological polar surface area (TPSA) is 44.0 Å². The lowest BCUT2D eigenvalue weighted by atomic mass is 9.45. The Morgan fingerprint density at radius 1 is 1.07 bits per heavy atom. The Hall–Kier alpha value is -0.550.